The average molecular weight is 1160 g/mol. The number of nitrogens with one attached hydrogen (secondary N) is 1. The number of aliphatic hydroxyl groups is 5. The fourth-order valence-corrected chi connectivity index (χ4v) is 8.37. The van der Waals surface area contributed by atoms with Crippen LogP contribution in [0.25, 0.3) is 0 Å². The molecule has 284 valence electrons. The van der Waals surface area contributed by atoms with Gasteiger partial charge in [-0.3, -0.25) is 9.59 Å². The number of Topliss-reactive ketones (excluding diaryl/α,β-unsaturated/α-hetero) is 1. The van der Waals surface area contributed by atoms with Crippen LogP contribution in [-0.2, 0) is 33.3 Å². The number of rotatable bonds is 7. The molecule has 2 saturated carbocycles. The minimum atomic E-state index is -2.25. The van der Waals surface area contributed by atoms with Crippen LogP contribution in [0, 0.1) is 110 Å². The summed E-state index contributed by atoms with van der Waals surface area (Å²) in [5.74, 6) is -4.49. The summed E-state index contributed by atoms with van der Waals surface area (Å²) in [6.45, 7) is 12.3. The third kappa shape index (κ3) is 7.77. The van der Waals surface area contributed by atoms with Gasteiger partial charge in [-0.15, -0.1) is 0 Å². The van der Waals surface area contributed by atoms with Gasteiger partial charge in [0, 0.05) is 119 Å². The first-order valence-electron chi connectivity index (χ1n) is 16.7. The Bertz CT molecular complexity index is 1560. The van der Waals surface area contributed by atoms with Gasteiger partial charge in [0.25, 0.3) is 0 Å². The molecule has 17 heteroatoms. The molecule has 2 radical (unpaired) electrons. The zero-order valence-corrected chi connectivity index (χ0v) is 40.2. The SMILES string of the molecule is CC(=O)O[C@H]1[C@@H]2[C@]3(O)CO[C@@H]3C[C@H](O)[C@@]2(C)C(=O)[C@H](O)C2=C(C)[C@@H](OC(=O)[C@H](O)[C@@H](NC(=O)OCC(C)(C)C)c3ccco3)C[C@]1(O)C2(C)C.[Ac].[Ac]. The van der Waals surface area contributed by atoms with Crippen LogP contribution in [0.1, 0.15) is 80.0 Å². The Morgan fingerprint density at radius 2 is 1.73 bits per heavy atom. The van der Waals surface area contributed by atoms with Crippen molar-refractivity contribution in [3.8, 4) is 0 Å². The molecular weight excluding hydrogens is 1110 g/mol. The van der Waals surface area contributed by atoms with E-state index in [4.69, 9.17) is 23.4 Å². The molecule has 0 aromatic carbocycles. The van der Waals surface area contributed by atoms with E-state index in [0.717, 1.165) is 6.92 Å². The van der Waals surface area contributed by atoms with Gasteiger partial charge in [-0.25, -0.2) is 9.59 Å². The second-order valence-electron chi connectivity index (χ2n) is 16.1. The van der Waals surface area contributed by atoms with E-state index in [9.17, 15) is 44.7 Å². The number of hydrogen-bond donors (Lipinski definition) is 6. The van der Waals surface area contributed by atoms with Crippen molar-refractivity contribution in [3.05, 3.63) is 35.3 Å². The number of alkyl carbamates (subject to hydrolysis) is 1. The second kappa shape index (κ2) is 16.2. The van der Waals surface area contributed by atoms with E-state index in [-0.39, 0.29) is 130 Å². The predicted octanol–water partition coefficient (Wildman–Crippen LogP) is 1.24. The van der Waals surface area contributed by atoms with Gasteiger partial charge in [0.2, 0.25) is 0 Å². The molecule has 5 rings (SSSR count). The molecule has 0 spiro atoms. The maximum absolute atomic E-state index is 14.4. The van der Waals surface area contributed by atoms with Crippen molar-refractivity contribution < 1.29 is 156 Å². The number of furan rings is 1. The summed E-state index contributed by atoms with van der Waals surface area (Å²) in [5, 5.41) is 61.8. The summed E-state index contributed by atoms with van der Waals surface area (Å²) in [6.07, 6.45) is -9.87. The number of hydrogen-bond acceptors (Lipinski definition) is 14. The van der Waals surface area contributed by atoms with Crippen LogP contribution in [0.4, 0.5) is 4.79 Å². The first-order chi connectivity index (χ1) is 23.0. The van der Waals surface area contributed by atoms with Crippen molar-refractivity contribution in [1.82, 2.24) is 5.32 Å². The topological polar surface area (TPSA) is 232 Å². The number of carbonyl (C=O) groups excluding carboxylic acids is 4. The van der Waals surface area contributed by atoms with Crippen molar-refractivity contribution in [1.29, 1.82) is 0 Å². The van der Waals surface area contributed by atoms with Crippen molar-refractivity contribution in [2.75, 3.05) is 13.2 Å². The molecule has 2 bridgehead atoms. The predicted molar refractivity (Wildman–Crippen MR) is 171 cm³/mol. The minimum Gasteiger partial charge on any atom is -0.467 e. The Morgan fingerprint density at radius 3 is 2.25 bits per heavy atom. The number of fused-ring (bicyclic) bond motifs is 5. The summed E-state index contributed by atoms with van der Waals surface area (Å²) in [4.78, 5) is 53.5. The third-order valence-corrected chi connectivity index (χ3v) is 11.2. The van der Waals surface area contributed by atoms with Gasteiger partial charge in [0.05, 0.1) is 37.1 Å². The number of esters is 2. The monoisotopic (exact) mass is 1160 g/mol. The van der Waals surface area contributed by atoms with Crippen LogP contribution in [0.15, 0.2) is 34.0 Å². The molecular formula is C35H49Ac2NO14. The van der Waals surface area contributed by atoms with E-state index in [1.165, 1.54) is 46.1 Å². The van der Waals surface area contributed by atoms with Crippen molar-refractivity contribution in [2.45, 2.75) is 122 Å². The summed E-state index contributed by atoms with van der Waals surface area (Å²) in [7, 11) is 0. The molecule has 4 aliphatic rings. The molecule has 6 N–H and O–H groups in total. The quantitative estimate of drug-likeness (QED) is 0.128. The normalized spacial score (nSPS) is 36.1. The van der Waals surface area contributed by atoms with E-state index >= 15 is 0 Å². The van der Waals surface area contributed by atoms with Crippen molar-refractivity contribution >= 4 is 23.8 Å². The summed E-state index contributed by atoms with van der Waals surface area (Å²) >= 11 is 0. The van der Waals surface area contributed by atoms with Gasteiger partial charge < -0.3 is 54.2 Å². The number of ether oxygens (including phenoxy) is 4. The number of ketones is 1. The fraction of sp³-hybridized carbons (Fsp3) is 0.714. The molecule has 1 saturated heterocycles. The number of aliphatic hydroxyl groups excluding tert-OH is 3. The Balaban J connectivity index is 0.00000364. The zero-order chi connectivity index (χ0) is 37.4. The number of amides is 1. The maximum Gasteiger partial charge on any atom is 0.407 e. The Kier molecular flexibility index (Phi) is 14.3. The zero-order valence-electron chi connectivity index (χ0n) is 30.7. The average Bonchev–Trinajstić information content (AvgIpc) is 3.55. The van der Waals surface area contributed by atoms with Gasteiger partial charge in [0.15, 0.2) is 11.9 Å². The summed E-state index contributed by atoms with van der Waals surface area (Å²) in [5.41, 5.74) is -7.83. The molecule has 1 amide bonds. The van der Waals surface area contributed by atoms with Gasteiger partial charge >= 0.3 is 18.0 Å². The molecule has 15 nitrogen and oxygen atoms in total. The molecule has 1 aromatic rings. The third-order valence-electron chi connectivity index (χ3n) is 11.2. The Hall–Kier alpha value is -0.457. The molecule has 2 heterocycles. The molecule has 11 atom stereocenters. The van der Waals surface area contributed by atoms with Crippen LogP contribution in [0.2, 0.25) is 0 Å². The molecule has 1 aromatic heterocycles. The van der Waals surface area contributed by atoms with Crippen LogP contribution in [0.5, 0.6) is 0 Å². The maximum atomic E-state index is 14.4. The Labute approximate surface area is 374 Å². The molecule has 3 aliphatic carbocycles. The fourth-order valence-electron chi connectivity index (χ4n) is 8.37. The van der Waals surface area contributed by atoms with E-state index in [0.29, 0.717) is 0 Å². The van der Waals surface area contributed by atoms with Crippen LogP contribution < -0.4 is 5.32 Å². The standard InChI is InChI=1S/C35H49NO14.2Ac/c1-16-19(50-29(42)25(40)23(18-10-9-11-46-18)36-30(43)48-14-31(3,4)5)13-35(45)28(49-17(2)37)26-33(8,20(38)12-21-34(26,44)15-47-21)27(41)24(39)22(16)32(35,6)7;;/h9-11,19-21,23-26,28,38-40,44-45H,12-15H2,1-8H3,(H,36,43);;/t19-,20-,21+,23-,24+,25+,26-,28-,33+,34-,35+;;/m0../s1. The van der Waals surface area contributed by atoms with Gasteiger partial charge in [-0.2, -0.15) is 0 Å². The Morgan fingerprint density at radius 1 is 1.10 bits per heavy atom. The van der Waals surface area contributed by atoms with Crippen LogP contribution in [-0.4, -0.2) is 110 Å². The molecule has 52 heavy (non-hydrogen) atoms. The minimum absolute atomic E-state index is 0. The second-order valence-corrected chi connectivity index (χ2v) is 16.1. The van der Waals surface area contributed by atoms with E-state index in [1.54, 1.807) is 0 Å². The van der Waals surface area contributed by atoms with E-state index in [1.807, 2.05) is 20.8 Å². The van der Waals surface area contributed by atoms with Crippen molar-refractivity contribution in [2.24, 2.45) is 22.2 Å². The molecule has 1 aliphatic heterocycles. The van der Waals surface area contributed by atoms with E-state index < -0.39 is 101 Å². The van der Waals surface area contributed by atoms with Gasteiger partial charge in [-0.1, -0.05) is 34.6 Å². The van der Waals surface area contributed by atoms with E-state index in [2.05, 4.69) is 5.32 Å². The number of carbonyl (C=O) groups is 4. The van der Waals surface area contributed by atoms with Crippen molar-refractivity contribution in [3.63, 3.8) is 0 Å². The first kappa shape index (κ1) is 45.9. The van der Waals surface area contributed by atoms with Gasteiger partial charge in [-0.05, 0) is 42.5 Å². The summed E-state index contributed by atoms with van der Waals surface area (Å²) in [6, 6.07) is 1.44. The first-order valence-corrected chi connectivity index (χ1v) is 16.7. The van der Waals surface area contributed by atoms with Crippen LogP contribution in [0.3, 0.4) is 0 Å². The van der Waals surface area contributed by atoms with Crippen LogP contribution >= 0.6 is 0 Å². The summed E-state index contributed by atoms with van der Waals surface area (Å²) < 4.78 is 27.8. The molecule has 3 fully saturated rings. The molecule has 0 unspecified atom stereocenters. The smallest absolute Gasteiger partial charge is 0.407 e. The van der Waals surface area contributed by atoms with Gasteiger partial charge in [0.1, 0.15) is 41.3 Å². The largest absolute Gasteiger partial charge is 0.467 e.